The normalized spacial score (nSPS) is 19.6. The summed E-state index contributed by atoms with van der Waals surface area (Å²) in [6.07, 6.45) is 0. The Labute approximate surface area is 112 Å². The molecule has 0 unspecified atom stereocenters. The molecule has 18 heavy (non-hydrogen) atoms. The molecule has 4 nitrogen and oxygen atoms in total. The second-order valence-corrected chi connectivity index (χ2v) is 7.04. The Kier molecular flexibility index (Phi) is 4.48. The van der Waals surface area contributed by atoms with Crippen molar-refractivity contribution >= 4 is 21.4 Å². The summed E-state index contributed by atoms with van der Waals surface area (Å²) < 4.78 is 28.1. The lowest BCUT2D eigenvalue weighted by Gasteiger charge is -2.26. The number of nitrogens with zero attached hydrogens (tertiary/aromatic N) is 1. The van der Waals surface area contributed by atoms with Crippen LogP contribution in [0.15, 0.2) is 24.3 Å². The summed E-state index contributed by atoms with van der Waals surface area (Å²) in [7, 11) is -2.79. The molecule has 6 heteroatoms. The molecular weight excluding hydrogens is 274 g/mol. The van der Waals surface area contributed by atoms with Gasteiger partial charge in [0.25, 0.3) is 0 Å². The van der Waals surface area contributed by atoms with Crippen molar-refractivity contribution in [1.82, 2.24) is 4.90 Å². The van der Waals surface area contributed by atoms with Gasteiger partial charge in [-0.2, -0.15) is 0 Å². The Bertz CT molecular complexity index is 473. The second-order valence-electron chi connectivity index (χ2n) is 4.30. The van der Waals surface area contributed by atoms with E-state index in [4.69, 9.17) is 16.3 Å². The predicted octanol–water partition coefficient (Wildman–Crippen LogP) is 1.45. The molecule has 1 fully saturated rings. The smallest absolute Gasteiger partial charge is 0.152 e. The van der Waals surface area contributed by atoms with Crippen molar-refractivity contribution in [1.29, 1.82) is 0 Å². The Morgan fingerprint density at radius 1 is 1.17 bits per heavy atom. The molecule has 0 radical (unpaired) electrons. The first kappa shape index (κ1) is 13.6. The van der Waals surface area contributed by atoms with Gasteiger partial charge in [-0.1, -0.05) is 11.6 Å². The van der Waals surface area contributed by atoms with E-state index in [1.165, 1.54) is 0 Å². The summed E-state index contributed by atoms with van der Waals surface area (Å²) in [5, 5.41) is 0.684. The van der Waals surface area contributed by atoms with Crippen LogP contribution in [0, 0.1) is 0 Å². The van der Waals surface area contributed by atoms with Crippen LogP contribution in [-0.4, -0.2) is 51.1 Å². The lowest BCUT2D eigenvalue weighted by atomic mass is 10.3. The SMILES string of the molecule is O=S1(=O)CCN(CCOc2ccc(Cl)cc2)CC1. The summed E-state index contributed by atoms with van der Waals surface area (Å²) in [6.45, 7) is 2.51. The van der Waals surface area contributed by atoms with Gasteiger partial charge in [-0.15, -0.1) is 0 Å². The second kappa shape index (κ2) is 5.91. The van der Waals surface area contributed by atoms with Crippen LogP contribution in [0.25, 0.3) is 0 Å². The van der Waals surface area contributed by atoms with Crippen molar-refractivity contribution in [2.45, 2.75) is 0 Å². The van der Waals surface area contributed by atoms with E-state index in [1.54, 1.807) is 12.1 Å². The topological polar surface area (TPSA) is 46.6 Å². The first-order valence-electron chi connectivity index (χ1n) is 5.86. The molecule has 100 valence electrons. The lowest BCUT2D eigenvalue weighted by Crippen LogP contribution is -2.42. The van der Waals surface area contributed by atoms with Gasteiger partial charge >= 0.3 is 0 Å². The van der Waals surface area contributed by atoms with Gasteiger partial charge in [-0.05, 0) is 24.3 Å². The van der Waals surface area contributed by atoms with Gasteiger partial charge in [0, 0.05) is 24.7 Å². The number of halogens is 1. The van der Waals surface area contributed by atoms with Crippen molar-refractivity contribution in [3.8, 4) is 5.75 Å². The third-order valence-corrected chi connectivity index (χ3v) is 4.79. The van der Waals surface area contributed by atoms with Gasteiger partial charge in [0.1, 0.15) is 12.4 Å². The molecule has 0 aliphatic carbocycles. The van der Waals surface area contributed by atoms with Crippen molar-refractivity contribution in [2.75, 3.05) is 37.7 Å². The fraction of sp³-hybridized carbons (Fsp3) is 0.500. The highest BCUT2D eigenvalue weighted by molar-refractivity contribution is 7.91. The van der Waals surface area contributed by atoms with Crippen molar-refractivity contribution in [3.63, 3.8) is 0 Å². The molecule has 1 aromatic rings. The fourth-order valence-electron chi connectivity index (χ4n) is 1.80. The molecular formula is C12H16ClNO3S. The van der Waals surface area contributed by atoms with Gasteiger partial charge in [-0.25, -0.2) is 8.42 Å². The Morgan fingerprint density at radius 2 is 1.78 bits per heavy atom. The number of sulfone groups is 1. The Balaban J connectivity index is 1.71. The maximum Gasteiger partial charge on any atom is 0.152 e. The standard InChI is InChI=1S/C12H16ClNO3S/c13-11-1-3-12(4-2-11)17-8-5-14-6-9-18(15,16)10-7-14/h1-4H,5-10H2. The molecule has 0 N–H and O–H groups in total. The number of hydrogen-bond acceptors (Lipinski definition) is 4. The zero-order chi connectivity index (χ0) is 13.0. The van der Waals surface area contributed by atoms with Crippen LogP contribution in [-0.2, 0) is 9.84 Å². The molecule has 1 aromatic carbocycles. The van der Waals surface area contributed by atoms with Crippen LogP contribution in [0.3, 0.4) is 0 Å². The molecule has 1 aliphatic heterocycles. The van der Waals surface area contributed by atoms with E-state index in [2.05, 4.69) is 4.90 Å². The van der Waals surface area contributed by atoms with E-state index in [-0.39, 0.29) is 11.5 Å². The van der Waals surface area contributed by atoms with E-state index in [1.807, 2.05) is 12.1 Å². The van der Waals surface area contributed by atoms with E-state index in [9.17, 15) is 8.42 Å². The highest BCUT2D eigenvalue weighted by Gasteiger charge is 2.20. The van der Waals surface area contributed by atoms with Gasteiger partial charge in [0.15, 0.2) is 9.84 Å². The van der Waals surface area contributed by atoms with E-state index in [0.29, 0.717) is 24.7 Å². The Morgan fingerprint density at radius 3 is 2.39 bits per heavy atom. The van der Waals surface area contributed by atoms with Crippen LogP contribution >= 0.6 is 11.6 Å². The molecule has 0 amide bonds. The molecule has 2 rings (SSSR count). The third kappa shape index (κ3) is 4.15. The van der Waals surface area contributed by atoms with E-state index in [0.717, 1.165) is 12.3 Å². The zero-order valence-electron chi connectivity index (χ0n) is 10.0. The minimum absolute atomic E-state index is 0.258. The highest BCUT2D eigenvalue weighted by Crippen LogP contribution is 2.15. The van der Waals surface area contributed by atoms with Crippen LogP contribution in [0.2, 0.25) is 5.02 Å². The molecule has 1 heterocycles. The van der Waals surface area contributed by atoms with E-state index >= 15 is 0 Å². The first-order chi connectivity index (χ1) is 8.55. The monoisotopic (exact) mass is 289 g/mol. The maximum absolute atomic E-state index is 11.3. The molecule has 0 spiro atoms. The summed E-state index contributed by atoms with van der Waals surface area (Å²) in [6, 6.07) is 7.21. The maximum atomic E-state index is 11.3. The summed E-state index contributed by atoms with van der Waals surface area (Å²) in [5.41, 5.74) is 0. The van der Waals surface area contributed by atoms with Gasteiger partial charge < -0.3 is 4.74 Å². The van der Waals surface area contributed by atoms with Crippen molar-refractivity contribution in [2.24, 2.45) is 0 Å². The molecule has 0 aromatic heterocycles. The minimum atomic E-state index is -2.79. The molecule has 0 atom stereocenters. The van der Waals surface area contributed by atoms with E-state index < -0.39 is 9.84 Å². The lowest BCUT2D eigenvalue weighted by molar-refractivity contribution is 0.219. The zero-order valence-corrected chi connectivity index (χ0v) is 11.6. The molecule has 1 saturated heterocycles. The predicted molar refractivity (Wildman–Crippen MR) is 72.0 cm³/mol. The number of benzene rings is 1. The quantitative estimate of drug-likeness (QED) is 0.842. The summed E-state index contributed by atoms with van der Waals surface area (Å²) >= 11 is 5.77. The number of hydrogen-bond donors (Lipinski definition) is 0. The average Bonchev–Trinajstić information content (AvgIpc) is 2.34. The summed E-state index contributed by atoms with van der Waals surface area (Å²) in [4.78, 5) is 2.11. The minimum Gasteiger partial charge on any atom is -0.492 e. The van der Waals surface area contributed by atoms with Gasteiger partial charge in [-0.3, -0.25) is 4.90 Å². The Hall–Kier alpha value is -0.780. The first-order valence-corrected chi connectivity index (χ1v) is 8.06. The van der Waals surface area contributed by atoms with Crippen molar-refractivity contribution in [3.05, 3.63) is 29.3 Å². The largest absolute Gasteiger partial charge is 0.492 e. The third-order valence-electron chi connectivity index (χ3n) is 2.93. The highest BCUT2D eigenvalue weighted by atomic mass is 35.5. The summed E-state index contributed by atoms with van der Waals surface area (Å²) in [5.74, 6) is 1.30. The molecule has 0 bridgehead atoms. The number of ether oxygens (including phenoxy) is 1. The van der Waals surface area contributed by atoms with Gasteiger partial charge in [0.05, 0.1) is 11.5 Å². The number of rotatable bonds is 4. The van der Waals surface area contributed by atoms with Crippen LogP contribution in [0.4, 0.5) is 0 Å². The molecule has 0 saturated carbocycles. The van der Waals surface area contributed by atoms with Gasteiger partial charge in [0.2, 0.25) is 0 Å². The van der Waals surface area contributed by atoms with Crippen LogP contribution in [0.1, 0.15) is 0 Å². The molecule has 1 aliphatic rings. The average molecular weight is 290 g/mol. The fourth-order valence-corrected chi connectivity index (χ4v) is 3.20. The van der Waals surface area contributed by atoms with Crippen LogP contribution in [0.5, 0.6) is 5.75 Å². The van der Waals surface area contributed by atoms with Crippen LogP contribution < -0.4 is 4.74 Å². The van der Waals surface area contributed by atoms with Crippen molar-refractivity contribution < 1.29 is 13.2 Å².